The number of benzene rings is 1. The molecule has 1 N–H and O–H groups in total. The summed E-state index contributed by atoms with van der Waals surface area (Å²) in [7, 11) is 0. The quantitative estimate of drug-likeness (QED) is 0.926. The third-order valence-corrected chi connectivity index (χ3v) is 5.07. The van der Waals surface area contributed by atoms with Crippen molar-refractivity contribution in [2.24, 2.45) is 0 Å². The highest BCUT2D eigenvalue weighted by atomic mass is 19.1. The zero-order valence-corrected chi connectivity index (χ0v) is 12.9. The lowest BCUT2D eigenvalue weighted by Gasteiger charge is -2.31. The standard InChI is InChI=1S/C18H24FNO2/c19-15-7-5-6-14(12-15)18(9-2-3-10-18)13-20-17(21)16-8-1-4-11-22-16/h5-7,12,16H,1-4,8-11,13H2,(H,20,21). The summed E-state index contributed by atoms with van der Waals surface area (Å²) in [4.78, 5) is 12.3. The first-order chi connectivity index (χ1) is 10.7. The molecule has 0 aromatic heterocycles. The minimum atomic E-state index is -0.306. The van der Waals surface area contributed by atoms with E-state index in [1.54, 1.807) is 12.1 Å². The first-order valence-electron chi connectivity index (χ1n) is 8.35. The smallest absolute Gasteiger partial charge is 0.249 e. The van der Waals surface area contributed by atoms with Gasteiger partial charge in [-0.3, -0.25) is 4.79 Å². The molecule has 4 heteroatoms. The summed E-state index contributed by atoms with van der Waals surface area (Å²) in [5, 5.41) is 3.07. The Labute approximate surface area is 131 Å². The monoisotopic (exact) mass is 305 g/mol. The van der Waals surface area contributed by atoms with Gasteiger partial charge in [-0.2, -0.15) is 0 Å². The lowest BCUT2D eigenvalue weighted by molar-refractivity contribution is -0.135. The van der Waals surface area contributed by atoms with Crippen molar-refractivity contribution in [3.63, 3.8) is 0 Å². The number of ether oxygens (including phenoxy) is 1. The van der Waals surface area contributed by atoms with Crippen LogP contribution in [0, 0.1) is 5.82 Å². The van der Waals surface area contributed by atoms with Crippen LogP contribution in [-0.4, -0.2) is 25.2 Å². The molecule has 0 radical (unpaired) electrons. The van der Waals surface area contributed by atoms with Crippen molar-refractivity contribution in [3.8, 4) is 0 Å². The molecule has 1 atom stereocenters. The second-order valence-corrected chi connectivity index (χ2v) is 6.57. The number of nitrogens with one attached hydrogen (secondary N) is 1. The van der Waals surface area contributed by atoms with E-state index < -0.39 is 0 Å². The highest BCUT2D eigenvalue weighted by Crippen LogP contribution is 2.40. The number of hydrogen-bond donors (Lipinski definition) is 1. The molecular weight excluding hydrogens is 281 g/mol. The van der Waals surface area contributed by atoms with Gasteiger partial charge in [-0.15, -0.1) is 0 Å². The van der Waals surface area contributed by atoms with Crippen LogP contribution in [-0.2, 0) is 14.9 Å². The Kier molecular flexibility index (Phi) is 4.77. The molecule has 2 fully saturated rings. The summed E-state index contributed by atoms with van der Waals surface area (Å²) in [6.07, 6.45) is 6.85. The second kappa shape index (κ2) is 6.78. The van der Waals surface area contributed by atoms with Gasteiger partial charge in [0.05, 0.1) is 0 Å². The van der Waals surface area contributed by atoms with E-state index in [1.807, 2.05) is 6.07 Å². The van der Waals surface area contributed by atoms with Crippen LogP contribution in [0.25, 0.3) is 0 Å². The Morgan fingerprint density at radius 3 is 2.77 bits per heavy atom. The molecule has 1 aliphatic carbocycles. The molecule has 1 unspecified atom stereocenters. The lowest BCUT2D eigenvalue weighted by Crippen LogP contribution is -2.44. The van der Waals surface area contributed by atoms with Crippen LogP contribution in [0.1, 0.15) is 50.5 Å². The predicted molar refractivity (Wildman–Crippen MR) is 83.1 cm³/mol. The summed E-state index contributed by atoms with van der Waals surface area (Å²) in [5.74, 6) is -0.215. The van der Waals surface area contributed by atoms with Gasteiger partial charge in [-0.05, 0) is 49.8 Å². The zero-order chi connectivity index (χ0) is 15.4. The molecule has 0 bridgehead atoms. The molecule has 1 aliphatic heterocycles. The zero-order valence-electron chi connectivity index (χ0n) is 12.9. The van der Waals surface area contributed by atoms with Crippen LogP contribution in [0.5, 0.6) is 0 Å². The third kappa shape index (κ3) is 3.32. The summed E-state index contributed by atoms with van der Waals surface area (Å²) in [5.41, 5.74) is 0.891. The first kappa shape index (κ1) is 15.5. The molecule has 3 rings (SSSR count). The van der Waals surface area contributed by atoms with Gasteiger partial charge in [-0.25, -0.2) is 4.39 Å². The van der Waals surface area contributed by atoms with Crippen LogP contribution < -0.4 is 5.32 Å². The van der Waals surface area contributed by atoms with Crippen molar-refractivity contribution in [2.75, 3.05) is 13.2 Å². The van der Waals surface area contributed by atoms with Crippen molar-refractivity contribution in [1.29, 1.82) is 0 Å². The molecule has 2 aliphatic rings. The van der Waals surface area contributed by atoms with Gasteiger partial charge in [0.1, 0.15) is 11.9 Å². The fourth-order valence-electron chi connectivity index (χ4n) is 3.76. The minimum absolute atomic E-state index is 0.0117. The van der Waals surface area contributed by atoms with Gasteiger partial charge < -0.3 is 10.1 Å². The summed E-state index contributed by atoms with van der Waals surface area (Å²) in [6, 6.07) is 6.84. The lowest BCUT2D eigenvalue weighted by atomic mass is 9.78. The summed E-state index contributed by atoms with van der Waals surface area (Å²) < 4.78 is 19.1. The Balaban J connectivity index is 1.68. The van der Waals surface area contributed by atoms with Crippen molar-refractivity contribution in [1.82, 2.24) is 5.32 Å². The van der Waals surface area contributed by atoms with Gasteiger partial charge in [0.25, 0.3) is 0 Å². The SMILES string of the molecule is O=C(NCC1(c2cccc(F)c2)CCCC1)C1CCCCO1. The molecule has 1 aromatic carbocycles. The molecule has 1 amide bonds. The van der Waals surface area contributed by atoms with Crippen molar-refractivity contribution < 1.29 is 13.9 Å². The number of carbonyl (C=O) groups excluding carboxylic acids is 1. The number of carbonyl (C=O) groups is 1. The largest absolute Gasteiger partial charge is 0.368 e. The van der Waals surface area contributed by atoms with E-state index >= 15 is 0 Å². The van der Waals surface area contributed by atoms with E-state index in [2.05, 4.69) is 5.32 Å². The number of halogens is 1. The average molecular weight is 305 g/mol. The Morgan fingerprint density at radius 1 is 1.27 bits per heavy atom. The summed E-state index contributed by atoms with van der Waals surface area (Å²) in [6.45, 7) is 1.25. The highest BCUT2D eigenvalue weighted by molar-refractivity contribution is 5.80. The molecule has 22 heavy (non-hydrogen) atoms. The second-order valence-electron chi connectivity index (χ2n) is 6.57. The van der Waals surface area contributed by atoms with Gasteiger partial charge in [-0.1, -0.05) is 25.0 Å². The van der Waals surface area contributed by atoms with Gasteiger partial charge in [0.15, 0.2) is 0 Å². The Morgan fingerprint density at radius 2 is 2.09 bits per heavy atom. The number of amides is 1. The normalized spacial score (nSPS) is 24.1. The maximum Gasteiger partial charge on any atom is 0.249 e. The molecule has 1 saturated heterocycles. The van der Waals surface area contributed by atoms with Gasteiger partial charge in [0.2, 0.25) is 5.91 Å². The average Bonchev–Trinajstić information content (AvgIpc) is 3.04. The van der Waals surface area contributed by atoms with E-state index in [0.717, 1.165) is 50.5 Å². The van der Waals surface area contributed by atoms with Crippen LogP contribution in [0.3, 0.4) is 0 Å². The molecule has 1 heterocycles. The van der Waals surface area contributed by atoms with Crippen LogP contribution >= 0.6 is 0 Å². The fourth-order valence-corrected chi connectivity index (χ4v) is 3.76. The molecule has 1 aromatic rings. The molecule has 1 saturated carbocycles. The Hall–Kier alpha value is -1.42. The maximum atomic E-state index is 13.6. The molecule has 120 valence electrons. The van der Waals surface area contributed by atoms with E-state index in [4.69, 9.17) is 4.74 Å². The van der Waals surface area contributed by atoms with Crippen LogP contribution in [0.15, 0.2) is 24.3 Å². The minimum Gasteiger partial charge on any atom is -0.368 e. The third-order valence-electron chi connectivity index (χ3n) is 5.07. The highest BCUT2D eigenvalue weighted by Gasteiger charge is 2.36. The Bertz CT molecular complexity index is 520. The van der Waals surface area contributed by atoms with E-state index in [-0.39, 0.29) is 23.2 Å². The maximum absolute atomic E-state index is 13.6. The number of hydrogen-bond acceptors (Lipinski definition) is 2. The summed E-state index contributed by atoms with van der Waals surface area (Å²) >= 11 is 0. The van der Waals surface area contributed by atoms with Gasteiger partial charge in [0, 0.05) is 18.6 Å². The van der Waals surface area contributed by atoms with Crippen molar-refractivity contribution in [3.05, 3.63) is 35.6 Å². The fraction of sp³-hybridized carbons (Fsp3) is 0.611. The van der Waals surface area contributed by atoms with Crippen LogP contribution in [0.4, 0.5) is 4.39 Å². The topological polar surface area (TPSA) is 38.3 Å². The van der Waals surface area contributed by atoms with Crippen molar-refractivity contribution >= 4 is 5.91 Å². The molecule has 3 nitrogen and oxygen atoms in total. The predicted octanol–water partition coefficient (Wildman–Crippen LogP) is 3.32. The van der Waals surface area contributed by atoms with Crippen LogP contribution in [0.2, 0.25) is 0 Å². The first-order valence-corrected chi connectivity index (χ1v) is 8.35. The molecular formula is C18H24FNO2. The number of rotatable bonds is 4. The van der Waals surface area contributed by atoms with E-state index in [1.165, 1.54) is 6.07 Å². The molecule has 0 spiro atoms. The van der Waals surface area contributed by atoms with E-state index in [9.17, 15) is 9.18 Å². The van der Waals surface area contributed by atoms with Crippen molar-refractivity contribution in [2.45, 2.75) is 56.5 Å². The van der Waals surface area contributed by atoms with Gasteiger partial charge >= 0.3 is 0 Å². The van der Waals surface area contributed by atoms with E-state index in [0.29, 0.717) is 13.2 Å².